The van der Waals surface area contributed by atoms with Crippen LogP contribution >= 0.6 is 35.5 Å². The van der Waals surface area contributed by atoms with Crippen LogP contribution in [0.15, 0.2) is 47.4 Å². The van der Waals surface area contributed by atoms with Crippen LogP contribution in [-0.2, 0) is 4.79 Å². The molecule has 1 amide bonds. The first-order chi connectivity index (χ1) is 13.9. The molecule has 3 aromatic rings. The van der Waals surface area contributed by atoms with E-state index in [1.165, 1.54) is 29.5 Å². The first-order valence-electron chi connectivity index (χ1n) is 9.32. The Morgan fingerprint density at radius 3 is 2.50 bits per heavy atom. The van der Waals surface area contributed by atoms with E-state index in [1.54, 1.807) is 34.9 Å². The van der Waals surface area contributed by atoms with Crippen LogP contribution < -0.4 is 4.90 Å². The van der Waals surface area contributed by atoms with E-state index in [4.69, 9.17) is 0 Å². The molecule has 9 heteroatoms. The zero-order valence-electron chi connectivity index (χ0n) is 16.8. The molecule has 3 rings (SSSR count). The maximum atomic E-state index is 14.0. The second kappa shape index (κ2) is 11.6. The third-order valence-corrected chi connectivity index (χ3v) is 6.42. The van der Waals surface area contributed by atoms with Gasteiger partial charge in [0.25, 0.3) is 0 Å². The fraction of sp³-hybridized carbons (Fsp3) is 0.333. The van der Waals surface area contributed by atoms with Crippen molar-refractivity contribution in [3.63, 3.8) is 0 Å². The molecule has 0 N–H and O–H groups in total. The molecule has 2 aromatic carbocycles. The van der Waals surface area contributed by atoms with E-state index < -0.39 is 0 Å². The van der Waals surface area contributed by atoms with Crippen LogP contribution in [-0.4, -0.2) is 48.7 Å². The lowest BCUT2D eigenvalue weighted by Gasteiger charge is -2.22. The topological polar surface area (TPSA) is 36.4 Å². The number of hydrogen-bond donors (Lipinski definition) is 0. The molecule has 30 heavy (non-hydrogen) atoms. The predicted octanol–water partition coefficient (Wildman–Crippen LogP) is 5.46. The summed E-state index contributed by atoms with van der Waals surface area (Å²) in [4.78, 5) is 21.9. The minimum atomic E-state index is -0.374. The summed E-state index contributed by atoms with van der Waals surface area (Å²) in [5.41, 5.74) is 0.307. The highest BCUT2D eigenvalue weighted by molar-refractivity contribution is 7.99. The van der Waals surface area contributed by atoms with Gasteiger partial charge in [0.15, 0.2) is 5.13 Å². The number of nitrogens with zero attached hydrogens (tertiary/aromatic N) is 3. The highest BCUT2D eigenvalue weighted by atomic mass is 35.5. The average molecular weight is 472 g/mol. The molecule has 0 aliphatic rings. The number of thiazole rings is 1. The lowest BCUT2D eigenvalue weighted by Crippen LogP contribution is -2.36. The number of fused-ring (bicyclic) bond motifs is 1. The fourth-order valence-electron chi connectivity index (χ4n) is 2.72. The molecule has 0 atom stereocenters. The maximum Gasteiger partial charge on any atom is 0.228 e. The smallest absolute Gasteiger partial charge is 0.228 e. The number of thioether (sulfide) groups is 1. The Bertz CT molecular complexity index is 967. The number of benzene rings is 2. The zero-order valence-corrected chi connectivity index (χ0v) is 19.3. The second-order valence-electron chi connectivity index (χ2n) is 6.84. The van der Waals surface area contributed by atoms with Crippen molar-refractivity contribution in [2.24, 2.45) is 0 Å². The lowest BCUT2D eigenvalue weighted by atomic mass is 10.3. The Balaban J connectivity index is 0.00000320. The van der Waals surface area contributed by atoms with Gasteiger partial charge >= 0.3 is 0 Å². The van der Waals surface area contributed by atoms with E-state index in [0.717, 1.165) is 15.3 Å². The molecular formula is C21H24ClF2N3OS2. The molecule has 0 fully saturated rings. The minimum absolute atomic E-state index is 0. The Kier molecular flexibility index (Phi) is 9.48. The Morgan fingerprint density at radius 2 is 1.83 bits per heavy atom. The van der Waals surface area contributed by atoms with Crippen LogP contribution in [0.25, 0.3) is 10.2 Å². The van der Waals surface area contributed by atoms with E-state index in [2.05, 4.69) is 4.98 Å². The average Bonchev–Trinajstić information content (AvgIpc) is 3.12. The van der Waals surface area contributed by atoms with Gasteiger partial charge in [-0.1, -0.05) is 17.4 Å². The molecule has 0 saturated heterocycles. The summed E-state index contributed by atoms with van der Waals surface area (Å²) in [6.07, 6.45) is 1.07. The first-order valence-corrected chi connectivity index (χ1v) is 11.1. The summed E-state index contributed by atoms with van der Waals surface area (Å²) in [5, 5.41) is 0.531. The molecule has 0 unspecified atom stereocenters. The molecular weight excluding hydrogens is 448 g/mol. The van der Waals surface area contributed by atoms with Gasteiger partial charge in [0.1, 0.15) is 17.2 Å². The molecule has 0 bridgehead atoms. The third kappa shape index (κ3) is 6.63. The van der Waals surface area contributed by atoms with Gasteiger partial charge < -0.3 is 4.90 Å². The summed E-state index contributed by atoms with van der Waals surface area (Å²) in [6, 6.07) is 11.2. The normalized spacial score (nSPS) is 11.0. The molecule has 0 aliphatic carbocycles. The van der Waals surface area contributed by atoms with Gasteiger partial charge in [-0.3, -0.25) is 9.69 Å². The second-order valence-corrected chi connectivity index (χ2v) is 9.02. The standard InChI is InChI=1S/C21H23F2N3OS2.ClH/c1-25(2)12-13-26(21-24-20-17(23)5-3-6-18(20)29-21)19(27)7-4-14-28-16-10-8-15(22)9-11-16;/h3,5-6,8-11H,4,7,12-14H2,1-2H3;1H. The van der Waals surface area contributed by atoms with Crippen molar-refractivity contribution in [2.45, 2.75) is 17.7 Å². The Morgan fingerprint density at radius 1 is 1.10 bits per heavy atom. The molecule has 0 spiro atoms. The number of amides is 1. The van der Waals surface area contributed by atoms with Crippen LogP contribution in [0.3, 0.4) is 0 Å². The van der Waals surface area contributed by atoms with Crippen LogP contribution in [0.4, 0.5) is 13.9 Å². The highest BCUT2D eigenvalue weighted by Gasteiger charge is 2.20. The van der Waals surface area contributed by atoms with Crippen LogP contribution in [0.5, 0.6) is 0 Å². The number of hydrogen-bond acceptors (Lipinski definition) is 5. The molecule has 0 saturated carbocycles. The quantitative estimate of drug-likeness (QED) is 0.306. The van der Waals surface area contributed by atoms with Crippen LogP contribution in [0.2, 0.25) is 0 Å². The molecule has 0 radical (unpaired) electrons. The Hall–Kier alpha value is -1.74. The van der Waals surface area contributed by atoms with Crippen molar-refractivity contribution >= 4 is 56.8 Å². The number of carbonyl (C=O) groups is 1. The van der Waals surface area contributed by atoms with E-state index in [-0.39, 0.29) is 29.9 Å². The van der Waals surface area contributed by atoms with Crippen molar-refractivity contribution in [3.05, 3.63) is 54.1 Å². The van der Waals surface area contributed by atoms with Crippen molar-refractivity contribution in [3.8, 4) is 0 Å². The molecule has 0 aliphatic heterocycles. The summed E-state index contributed by atoms with van der Waals surface area (Å²) in [7, 11) is 3.89. The number of halogens is 3. The zero-order chi connectivity index (χ0) is 20.8. The SMILES string of the molecule is CN(C)CCN(C(=O)CCCSc1ccc(F)cc1)c1nc2c(F)cccc2s1.Cl. The van der Waals surface area contributed by atoms with Crippen LogP contribution in [0.1, 0.15) is 12.8 Å². The van der Waals surface area contributed by atoms with Crippen molar-refractivity contribution in [1.82, 2.24) is 9.88 Å². The van der Waals surface area contributed by atoms with Crippen molar-refractivity contribution in [2.75, 3.05) is 37.8 Å². The summed E-state index contributed by atoms with van der Waals surface area (Å²) in [6.45, 7) is 1.19. The van der Waals surface area contributed by atoms with Crippen molar-refractivity contribution < 1.29 is 13.6 Å². The molecule has 1 heterocycles. The lowest BCUT2D eigenvalue weighted by molar-refractivity contribution is -0.118. The number of anilines is 1. The highest BCUT2D eigenvalue weighted by Crippen LogP contribution is 2.31. The van der Waals surface area contributed by atoms with Crippen molar-refractivity contribution in [1.29, 1.82) is 0 Å². The maximum absolute atomic E-state index is 14.0. The van der Waals surface area contributed by atoms with Gasteiger partial charge in [0, 0.05) is 24.4 Å². The molecule has 1 aromatic heterocycles. The summed E-state index contributed by atoms with van der Waals surface area (Å²) >= 11 is 2.93. The molecule has 162 valence electrons. The third-order valence-electron chi connectivity index (χ3n) is 4.28. The van der Waals surface area contributed by atoms with Gasteiger partial charge in [-0.25, -0.2) is 13.8 Å². The number of likely N-dealkylation sites (N-methyl/N-ethyl adjacent to an activating group) is 1. The molecule has 4 nitrogen and oxygen atoms in total. The fourth-order valence-corrected chi connectivity index (χ4v) is 4.60. The van der Waals surface area contributed by atoms with Gasteiger partial charge in [0.05, 0.1) is 4.70 Å². The van der Waals surface area contributed by atoms with Gasteiger partial charge in [0.2, 0.25) is 5.91 Å². The van der Waals surface area contributed by atoms with Gasteiger partial charge in [-0.2, -0.15) is 0 Å². The number of para-hydroxylation sites is 1. The largest absolute Gasteiger partial charge is 0.308 e. The van der Waals surface area contributed by atoms with Crippen LogP contribution in [0, 0.1) is 11.6 Å². The predicted molar refractivity (Wildman–Crippen MR) is 124 cm³/mol. The minimum Gasteiger partial charge on any atom is -0.308 e. The number of rotatable bonds is 9. The van der Waals surface area contributed by atoms with E-state index in [9.17, 15) is 13.6 Å². The van der Waals surface area contributed by atoms with E-state index in [0.29, 0.717) is 36.6 Å². The monoisotopic (exact) mass is 471 g/mol. The van der Waals surface area contributed by atoms with Gasteiger partial charge in [-0.15, -0.1) is 24.2 Å². The number of aromatic nitrogens is 1. The summed E-state index contributed by atoms with van der Waals surface area (Å²) in [5.74, 6) is 0.105. The van der Waals surface area contributed by atoms with E-state index >= 15 is 0 Å². The van der Waals surface area contributed by atoms with Gasteiger partial charge in [-0.05, 0) is 62.7 Å². The summed E-state index contributed by atoms with van der Waals surface area (Å²) < 4.78 is 27.7. The van der Waals surface area contributed by atoms with E-state index in [1.807, 2.05) is 25.1 Å². The number of carbonyl (C=O) groups excluding carboxylic acids is 1. The Labute approximate surface area is 189 Å². The first kappa shape index (κ1) is 24.5.